The Bertz CT molecular complexity index is 499. The Morgan fingerprint density at radius 1 is 1.32 bits per heavy atom. The molecule has 19 heavy (non-hydrogen) atoms. The number of hydrogen-bond acceptors (Lipinski definition) is 4. The number of carbonyl (C=O) groups is 2. The van der Waals surface area contributed by atoms with Crippen LogP contribution in [-0.4, -0.2) is 30.4 Å². The van der Waals surface area contributed by atoms with Gasteiger partial charge in [0.25, 0.3) is 0 Å². The van der Waals surface area contributed by atoms with Gasteiger partial charge in [0.2, 0.25) is 5.91 Å². The SMILES string of the molecule is CCOC(=O)CC(=O)Nc1ccc2c(c1)CN(C)C2. The van der Waals surface area contributed by atoms with Crippen LogP contribution in [0.4, 0.5) is 5.69 Å². The van der Waals surface area contributed by atoms with Crippen LogP contribution in [0.5, 0.6) is 0 Å². The first kappa shape index (κ1) is 13.5. The van der Waals surface area contributed by atoms with Gasteiger partial charge in [0, 0.05) is 18.8 Å². The van der Waals surface area contributed by atoms with Gasteiger partial charge in [-0.1, -0.05) is 6.07 Å². The van der Waals surface area contributed by atoms with E-state index in [1.165, 1.54) is 11.1 Å². The Kier molecular flexibility index (Phi) is 4.16. The van der Waals surface area contributed by atoms with Crippen LogP contribution in [-0.2, 0) is 27.4 Å². The van der Waals surface area contributed by atoms with Crippen molar-refractivity contribution in [2.24, 2.45) is 0 Å². The molecule has 0 spiro atoms. The number of ether oxygens (including phenoxy) is 1. The molecular weight excluding hydrogens is 244 g/mol. The lowest BCUT2D eigenvalue weighted by Gasteiger charge is -2.07. The number of rotatable bonds is 4. The summed E-state index contributed by atoms with van der Waals surface area (Å²) in [6, 6.07) is 5.84. The molecule has 0 saturated carbocycles. The summed E-state index contributed by atoms with van der Waals surface area (Å²) in [4.78, 5) is 25.0. The summed E-state index contributed by atoms with van der Waals surface area (Å²) in [5.41, 5.74) is 3.23. The van der Waals surface area contributed by atoms with Crippen molar-refractivity contribution in [2.45, 2.75) is 26.4 Å². The van der Waals surface area contributed by atoms with E-state index in [2.05, 4.69) is 17.3 Å². The zero-order valence-electron chi connectivity index (χ0n) is 11.2. The number of amides is 1. The molecule has 1 aromatic rings. The van der Waals surface area contributed by atoms with Crippen LogP contribution in [0.25, 0.3) is 0 Å². The lowest BCUT2D eigenvalue weighted by Crippen LogP contribution is -2.18. The smallest absolute Gasteiger partial charge is 0.315 e. The Morgan fingerprint density at radius 2 is 2.05 bits per heavy atom. The fraction of sp³-hybridized carbons (Fsp3) is 0.429. The first-order valence-corrected chi connectivity index (χ1v) is 6.34. The summed E-state index contributed by atoms with van der Waals surface area (Å²) >= 11 is 0. The van der Waals surface area contributed by atoms with Gasteiger partial charge in [-0.25, -0.2) is 0 Å². The number of nitrogens with one attached hydrogen (secondary N) is 1. The second-order valence-electron chi connectivity index (χ2n) is 4.69. The van der Waals surface area contributed by atoms with Crippen LogP contribution >= 0.6 is 0 Å². The predicted octanol–water partition coefficient (Wildman–Crippen LogP) is 1.52. The van der Waals surface area contributed by atoms with E-state index in [1.807, 2.05) is 18.2 Å². The maximum absolute atomic E-state index is 11.6. The summed E-state index contributed by atoms with van der Waals surface area (Å²) < 4.78 is 4.73. The zero-order chi connectivity index (χ0) is 13.8. The van der Waals surface area contributed by atoms with Crippen molar-refractivity contribution in [1.29, 1.82) is 0 Å². The molecule has 102 valence electrons. The van der Waals surface area contributed by atoms with Gasteiger partial charge < -0.3 is 10.1 Å². The van der Waals surface area contributed by atoms with E-state index in [-0.39, 0.29) is 18.9 Å². The first-order valence-electron chi connectivity index (χ1n) is 6.34. The van der Waals surface area contributed by atoms with E-state index < -0.39 is 5.97 Å². The van der Waals surface area contributed by atoms with Crippen LogP contribution in [0.15, 0.2) is 18.2 Å². The second-order valence-corrected chi connectivity index (χ2v) is 4.69. The fourth-order valence-electron chi connectivity index (χ4n) is 2.19. The van der Waals surface area contributed by atoms with Crippen molar-refractivity contribution < 1.29 is 14.3 Å². The van der Waals surface area contributed by atoms with Gasteiger partial charge in [-0.05, 0) is 37.2 Å². The van der Waals surface area contributed by atoms with Crippen LogP contribution in [0.1, 0.15) is 24.5 Å². The molecule has 0 bridgehead atoms. The largest absolute Gasteiger partial charge is 0.466 e. The predicted molar refractivity (Wildman–Crippen MR) is 71.5 cm³/mol. The lowest BCUT2D eigenvalue weighted by atomic mass is 10.1. The molecule has 5 heteroatoms. The molecule has 1 N–H and O–H groups in total. The highest BCUT2D eigenvalue weighted by atomic mass is 16.5. The molecule has 0 aliphatic carbocycles. The third kappa shape index (κ3) is 3.54. The second kappa shape index (κ2) is 5.84. The van der Waals surface area contributed by atoms with Crippen molar-refractivity contribution in [1.82, 2.24) is 4.90 Å². The number of anilines is 1. The molecule has 1 aliphatic rings. The third-order valence-electron chi connectivity index (χ3n) is 2.98. The minimum Gasteiger partial charge on any atom is -0.466 e. The van der Waals surface area contributed by atoms with Crippen molar-refractivity contribution >= 4 is 17.6 Å². The van der Waals surface area contributed by atoms with Gasteiger partial charge in [-0.2, -0.15) is 0 Å². The lowest BCUT2D eigenvalue weighted by molar-refractivity contribution is -0.145. The van der Waals surface area contributed by atoms with Crippen LogP contribution < -0.4 is 5.32 Å². The average Bonchev–Trinajstić information content (AvgIpc) is 2.68. The highest BCUT2D eigenvalue weighted by molar-refractivity contribution is 6.01. The van der Waals surface area contributed by atoms with Gasteiger partial charge in [0.05, 0.1) is 6.61 Å². The third-order valence-corrected chi connectivity index (χ3v) is 2.98. The van der Waals surface area contributed by atoms with E-state index in [0.29, 0.717) is 0 Å². The van der Waals surface area contributed by atoms with E-state index in [0.717, 1.165) is 18.8 Å². The van der Waals surface area contributed by atoms with E-state index in [9.17, 15) is 9.59 Å². The van der Waals surface area contributed by atoms with E-state index in [1.54, 1.807) is 6.92 Å². The van der Waals surface area contributed by atoms with Crippen molar-refractivity contribution in [2.75, 3.05) is 19.0 Å². The van der Waals surface area contributed by atoms with Gasteiger partial charge in [-0.15, -0.1) is 0 Å². The maximum atomic E-state index is 11.6. The molecule has 1 heterocycles. The molecule has 1 amide bonds. The van der Waals surface area contributed by atoms with E-state index >= 15 is 0 Å². The monoisotopic (exact) mass is 262 g/mol. The molecule has 2 rings (SSSR count). The number of carbonyl (C=O) groups excluding carboxylic acids is 2. The zero-order valence-corrected chi connectivity index (χ0v) is 11.2. The molecule has 1 aromatic carbocycles. The van der Waals surface area contributed by atoms with Crippen molar-refractivity contribution in [3.8, 4) is 0 Å². The van der Waals surface area contributed by atoms with Crippen LogP contribution in [0, 0.1) is 0 Å². The molecule has 0 radical (unpaired) electrons. The number of fused-ring (bicyclic) bond motifs is 1. The number of benzene rings is 1. The quantitative estimate of drug-likeness (QED) is 0.660. The van der Waals surface area contributed by atoms with Gasteiger partial charge in [0.15, 0.2) is 0 Å². The number of nitrogens with zero attached hydrogens (tertiary/aromatic N) is 1. The molecule has 0 aromatic heterocycles. The first-order chi connectivity index (χ1) is 9.08. The van der Waals surface area contributed by atoms with Crippen molar-refractivity contribution in [3.63, 3.8) is 0 Å². The van der Waals surface area contributed by atoms with Crippen LogP contribution in [0.2, 0.25) is 0 Å². The van der Waals surface area contributed by atoms with E-state index in [4.69, 9.17) is 4.74 Å². The Hall–Kier alpha value is -1.88. The van der Waals surface area contributed by atoms with Gasteiger partial charge in [0.1, 0.15) is 6.42 Å². The topological polar surface area (TPSA) is 58.6 Å². The molecule has 0 fully saturated rings. The molecule has 0 atom stereocenters. The van der Waals surface area contributed by atoms with Gasteiger partial charge >= 0.3 is 5.97 Å². The van der Waals surface area contributed by atoms with Gasteiger partial charge in [-0.3, -0.25) is 14.5 Å². The standard InChI is InChI=1S/C14H18N2O3/c1-3-19-14(18)7-13(17)15-12-5-4-10-8-16(2)9-11(10)6-12/h4-6H,3,7-9H2,1-2H3,(H,15,17). The molecule has 5 nitrogen and oxygen atoms in total. The summed E-state index contributed by atoms with van der Waals surface area (Å²) in [7, 11) is 2.05. The molecule has 1 aliphatic heterocycles. The Labute approximate surface area is 112 Å². The number of esters is 1. The highest BCUT2D eigenvalue weighted by Crippen LogP contribution is 2.24. The summed E-state index contributed by atoms with van der Waals surface area (Å²) in [6.45, 7) is 3.83. The highest BCUT2D eigenvalue weighted by Gasteiger charge is 2.16. The average molecular weight is 262 g/mol. The Morgan fingerprint density at radius 3 is 2.79 bits per heavy atom. The minimum atomic E-state index is -0.499. The van der Waals surface area contributed by atoms with Crippen molar-refractivity contribution in [3.05, 3.63) is 29.3 Å². The summed E-state index contributed by atoms with van der Waals surface area (Å²) in [6.07, 6.45) is -0.245. The van der Waals surface area contributed by atoms with Crippen LogP contribution in [0.3, 0.4) is 0 Å². The summed E-state index contributed by atoms with van der Waals surface area (Å²) in [5.74, 6) is -0.842. The Balaban J connectivity index is 1.95. The fourth-order valence-corrected chi connectivity index (χ4v) is 2.19. The minimum absolute atomic E-state index is 0.245. The summed E-state index contributed by atoms with van der Waals surface area (Å²) in [5, 5.41) is 2.72. The molecule has 0 saturated heterocycles. The molecular formula is C14H18N2O3. The normalized spacial score (nSPS) is 14.0. The number of hydrogen-bond donors (Lipinski definition) is 1. The maximum Gasteiger partial charge on any atom is 0.315 e. The molecule has 0 unspecified atom stereocenters.